The Kier molecular flexibility index (Phi) is 10.0. The van der Waals surface area contributed by atoms with Crippen LogP contribution in [-0.2, 0) is 16.1 Å². The van der Waals surface area contributed by atoms with Crippen molar-refractivity contribution < 1.29 is 23.7 Å². The van der Waals surface area contributed by atoms with Gasteiger partial charge in [0, 0.05) is 11.1 Å². The van der Waals surface area contributed by atoms with E-state index in [-0.39, 0.29) is 24.3 Å². The molecule has 0 bridgehead atoms. The molecule has 1 aromatic heterocycles. The molecule has 5 aromatic rings. The van der Waals surface area contributed by atoms with E-state index in [9.17, 15) is 9.59 Å². The summed E-state index contributed by atoms with van der Waals surface area (Å²) in [6.45, 7) is 2.13. The van der Waals surface area contributed by atoms with Crippen molar-refractivity contribution in [2.75, 3.05) is 20.8 Å². The number of halogens is 2. The van der Waals surface area contributed by atoms with E-state index >= 15 is 0 Å². The Morgan fingerprint density at radius 3 is 2.38 bits per heavy atom. The van der Waals surface area contributed by atoms with Crippen LogP contribution < -0.4 is 29.1 Å². The van der Waals surface area contributed by atoms with Gasteiger partial charge in [-0.3, -0.25) is 9.36 Å². The third kappa shape index (κ3) is 6.62. The van der Waals surface area contributed by atoms with Crippen LogP contribution in [0.15, 0.2) is 106 Å². The Labute approximate surface area is 290 Å². The van der Waals surface area contributed by atoms with Crippen LogP contribution in [0.25, 0.3) is 11.8 Å². The molecule has 1 atom stereocenters. The van der Waals surface area contributed by atoms with Gasteiger partial charge in [-0.1, -0.05) is 95.2 Å². The fourth-order valence-corrected chi connectivity index (χ4v) is 6.75. The molecule has 0 radical (unpaired) electrons. The summed E-state index contributed by atoms with van der Waals surface area (Å²) in [6.07, 6.45) is 1.77. The normalized spacial score (nSPS) is 14.3. The quantitative estimate of drug-likeness (QED) is 0.148. The summed E-state index contributed by atoms with van der Waals surface area (Å²) >= 11 is 13.5. The number of benzene rings is 4. The van der Waals surface area contributed by atoms with E-state index in [1.807, 2.05) is 66.7 Å². The van der Waals surface area contributed by atoms with Crippen molar-refractivity contribution in [1.82, 2.24) is 4.57 Å². The van der Waals surface area contributed by atoms with Gasteiger partial charge in [-0.15, -0.1) is 0 Å². The Morgan fingerprint density at radius 1 is 0.896 bits per heavy atom. The lowest BCUT2D eigenvalue weighted by Crippen LogP contribution is -2.40. The summed E-state index contributed by atoms with van der Waals surface area (Å²) in [4.78, 5) is 33.5. The zero-order valence-corrected chi connectivity index (χ0v) is 28.6. The third-order valence-corrected chi connectivity index (χ3v) is 9.40. The monoisotopic (exact) mass is 700 g/mol. The molecule has 0 spiro atoms. The van der Waals surface area contributed by atoms with E-state index in [2.05, 4.69) is 0 Å². The standard InChI is InChI=1S/C37H30Cl2N2O6S/c1-4-46-36(43)32-33(23-10-6-5-7-11-23)40-37-41(34(32)25-15-17-29(44-2)30(19-25)45-3)35(42)31(48-37)20-24-12-8-9-13-28(24)47-21-22-14-16-26(38)27(39)18-22/h5-20,34H,4,21H2,1-3H3/b31-20-/t34-/m1/s1. The molecule has 2 heterocycles. The summed E-state index contributed by atoms with van der Waals surface area (Å²) in [7, 11) is 3.08. The molecule has 11 heteroatoms. The van der Waals surface area contributed by atoms with Gasteiger partial charge in [0.05, 0.1) is 52.7 Å². The topological polar surface area (TPSA) is 88.4 Å². The molecule has 244 valence electrons. The van der Waals surface area contributed by atoms with Crippen LogP contribution in [0.5, 0.6) is 17.2 Å². The second kappa shape index (κ2) is 14.5. The molecule has 1 aliphatic heterocycles. The Balaban J connectivity index is 1.53. The second-order valence-corrected chi connectivity index (χ2v) is 12.4. The first kappa shape index (κ1) is 33.1. The Hall–Kier alpha value is -4.83. The fourth-order valence-electron chi connectivity index (χ4n) is 5.44. The molecule has 0 N–H and O–H groups in total. The summed E-state index contributed by atoms with van der Waals surface area (Å²) in [5.41, 5.74) is 3.20. The first-order valence-corrected chi connectivity index (χ1v) is 16.6. The van der Waals surface area contributed by atoms with Gasteiger partial charge in [-0.05, 0) is 54.5 Å². The minimum atomic E-state index is -0.876. The first-order valence-electron chi connectivity index (χ1n) is 15.0. The zero-order chi connectivity index (χ0) is 33.8. The molecule has 0 amide bonds. The molecule has 6 rings (SSSR count). The number of hydrogen-bond donors (Lipinski definition) is 0. The van der Waals surface area contributed by atoms with Crippen molar-refractivity contribution >= 4 is 52.3 Å². The number of para-hydroxylation sites is 1. The van der Waals surface area contributed by atoms with Crippen LogP contribution in [0.1, 0.15) is 35.2 Å². The molecular weight excluding hydrogens is 671 g/mol. The maximum atomic E-state index is 14.4. The lowest BCUT2D eigenvalue weighted by Gasteiger charge is -2.26. The number of nitrogens with zero attached hydrogens (tertiary/aromatic N) is 2. The number of methoxy groups -OCH3 is 2. The van der Waals surface area contributed by atoms with Crippen LogP contribution in [0.4, 0.5) is 0 Å². The van der Waals surface area contributed by atoms with Gasteiger partial charge in [0.15, 0.2) is 16.3 Å². The summed E-state index contributed by atoms with van der Waals surface area (Å²) < 4.78 is 24.8. The van der Waals surface area contributed by atoms with Crippen molar-refractivity contribution in [1.29, 1.82) is 0 Å². The van der Waals surface area contributed by atoms with Crippen LogP contribution in [0, 0.1) is 0 Å². The summed E-state index contributed by atoms with van der Waals surface area (Å²) in [6, 6.07) is 26.6. The molecule has 0 unspecified atom stereocenters. The van der Waals surface area contributed by atoms with Crippen LogP contribution in [0.3, 0.4) is 0 Å². The average Bonchev–Trinajstić information content (AvgIpc) is 3.42. The average molecular weight is 702 g/mol. The highest BCUT2D eigenvalue weighted by Gasteiger charge is 2.35. The van der Waals surface area contributed by atoms with Crippen LogP contribution >= 0.6 is 34.5 Å². The zero-order valence-electron chi connectivity index (χ0n) is 26.2. The number of rotatable bonds is 10. The van der Waals surface area contributed by atoms with Gasteiger partial charge in [0.2, 0.25) is 0 Å². The van der Waals surface area contributed by atoms with E-state index < -0.39 is 12.0 Å². The molecule has 0 saturated carbocycles. The molecule has 8 nitrogen and oxygen atoms in total. The second-order valence-electron chi connectivity index (χ2n) is 10.6. The summed E-state index contributed by atoms with van der Waals surface area (Å²) in [5, 5.41) is 0.900. The first-order chi connectivity index (χ1) is 23.3. The molecule has 0 saturated heterocycles. The van der Waals surface area contributed by atoms with Crippen molar-refractivity contribution in [2.24, 2.45) is 4.99 Å². The lowest BCUT2D eigenvalue weighted by molar-refractivity contribution is -0.138. The van der Waals surface area contributed by atoms with E-state index in [0.717, 1.165) is 5.56 Å². The van der Waals surface area contributed by atoms with E-state index in [0.29, 0.717) is 59.0 Å². The van der Waals surface area contributed by atoms with E-state index in [1.54, 1.807) is 44.4 Å². The van der Waals surface area contributed by atoms with Gasteiger partial charge >= 0.3 is 5.97 Å². The van der Waals surface area contributed by atoms with Crippen LogP contribution in [0.2, 0.25) is 10.0 Å². The highest BCUT2D eigenvalue weighted by Crippen LogP contribution is 2.38. The van der Waals surface area contributed by atoms with Crippen LogP contribution in [-0.4, -0.2) is 31.4 Å². The minimum absolute atomic E-state index is 0.145. The van der Waals surface area contributed by atoms with Gasteiger partial charge in [0.1, 0.15) is 12.4 Å². The third-order valence-electron chi connectivity index (χ3n) is 7.68. The van der Waals surface area contributed by atoms with Crippen molar-refractivity contribution in [2.45, 2.75) is 19.6 Å². The van der Waals surface area contributed by atoms with Crippen molar-refractivity contribution in [3.8, 4) is 17.2 Å². The van der Waals surface area contributed by atoms with Gasteiger partial charge in [-0.2, -0.15) is 0 Å². The molecule has 0 fully saturated rings. The van der Waals surface area contributed by atoms with E-state index in [1.165, 1.54) is 23.0 Å². The molecule has 4 aromatic carbocycles. The number of thiazole rings is 1. The molecule has 0 aliphatic carbocycles. The predicted molar refractivity (Wildman–Crippen MR) is 188 cm³/mol. The minimum Gasteiger partial charge on any atom is -0.493 e. The number of fused-ring (bicyclic) bond motifs is 1. The highest BCUT2D eigenvalue weighted by molar-refractivity contribution is 7.07. The number of aromatic nitrogens is 1. The van der Waals surface area contributed by atoms with Gasteiger partial charge in [0.25, 0.3) is 5.56 Å². The summed E-state index contributed by atoms with van der Waals surface area (Å²) in [5.74, 6) is 0.959. The maximum Gasteiger partial charge on any atom is 0.338 e. The Bertz CT molecular complexity index is 2210. The van der Waals surface area contributed by atoms with E-state index in [4.69, 9.17) is 47.1 Å². The molecule has 1 aliphatic rings. The number of carbonyl (C=O) groups excluding carboxylic acids is 1. The largest absolute Gasteiger partial charge is 0.493 e. The smallest absolute Gasteiger partial charge is 0.338 e. The number of carbonyl (C=O) groups is 1. The number of esters is 1. The van der Waals surface area contributed by atoms with Gasteiger partial charge in [-0.25, -0.2) is 9.79 Å². The Morgan fingerprint density at radius 2 is 1.65 bits per heavy atom. The van der Waals surface area contributed by atoms with Crippen molar-refractivity contribution in [3.63, 3.8) is 0 Å². The maximum absolute atomic E-state index is 14.4. The molecular formula is C37H30Cl2N2O6S. The van der Waals surface area contributed by atoms with Gasteiger partial charge < -0.3 is 18.9 Å². The lowest BCUT2D eigenvalue weighted by atomic mass is 9.93. The number of hydrogen-bond acceptors (Lipinski definition) is 8. The number of ether oxygens (including phenoxy) is 4. The highest BCUT2D eigenvalue weighted by atomic mass is 35.5. The van der Waals surface area contributed by atoms with Crippen molar-refractivity contribution in [3.05, 3.63) is 149 Å². The predicted octanol–water partition coefficient (Wildman–Crippen LogP) is 6.84. The fraction of sp³-hybridized carbons (Fsp3) is 0.162. The SMILES string of the molecule is CCOC(=O)C1=C(c2ccccc2)N=c2s/c(=C\c3ccccc3OCc3ccc(Cl)c(Cl)c3)c(=O)n2[C@@H]1c1ccc(OC)c(OC)c1. The molecule has 48 heavy (non-hydrogen) atoms.